The van der Waals surface area contributed by atoms with E-state index in [0.29, 0.717) is 22.0 Å². The van der Waals surface area contributed by atoms with E-state index < -0.39 is 16.5 Å². The van der Waals surface area contributed by atoms with Gasteiger partial charge in [-0.1, -0.05) is 23.2 Å². The number of nitrogens with one attached hydrogen (secondary N) is 2. The number of aromatic amines is 2. The van der Waals surface area contributed by atoms with Gasteiger partial charge in [0.05, 0.1) is 23.3 Å². The molecule has 2 aromatic carbocycles. The van der Waals surface area contributed by atoms with Crippen molar-refractivity contribution in [2.24, 2.45) is 0 Å². The first-order valence-electron chi connectivity index (χ1n) is 7.75. The second-order valence-electron chi connectivity index (χ2n) is 5.79. The molecule has 0 fully saturated rings. The predicted octanol–water partition coefficient (Wildman–Crippen LogP) is 2.84. The molecule has 0 saturated heterocycles. The Morgan fingerprint density at radius 3 is 2.52 bits per heavy atom. The van der Waals surface area contributed by atoms with Crippen LogP contribution in [0.3, 0.4) is 0 Å². The summed E-state index contributed by atoms with van der Waals surface area (Å²) in [5.41, 5.74) is -1.29. The highest BCUT2D eigenvalue weighted by molar-refractivity contribution is 6.32. The molecule has 0 bridgehead atoms. The van der Waals surface area contributed by atoms with E-state index in [4.69, 9.17) is 27.9 Å². The molecule has 0 amide bonds. The van der Waals surface area contributed by atoms with Gasteiger partial charge in [-0.25, -0.2) is 4.68 Å². The van der Waals surface area contributed by atoms with Crippen LogP contribution in [0.4, 0.5) is 0 Å². The standard InChI is InChI=1S/C18H11Cl2N3O4/c1-27-13-5-3-9(7-11(13)20)23-18(26)15-14(17(25)22-23)16(24)10-4-2-8(19)6-12(10)21-15/h2-7H,1H3,(H,21,24)(H,22,25). The fourth-order valence-electron chi connectivity index (χ4n) is 2.94. The van der Waals surface area contributed by atoms with E-state index in [1.165, 1.54) is 25.3 Å². The molecule has 4 aromatic rings. The van der Waals surface area contributed by atoms with Crippen LogP contribution >= 0.6 is 23.2 Å². The molecule has 0 aliphatic rings. The maximum Gasteiger partial charge on any atom is 0.294 e. The first kappa shape index (κ1) is 17.4. The van der Waals surface area contributed by atoms with Crippen molar-refractivity contribution in [1.82, 2.24) is 14.8 Å². The number of rotatable bonds is 2. The minimum Gasteiger partial charge on any atom is -0.495 e. The molecule has 0 unspecified atom stereocenters. The summed E-state index contributed by atoms with van der Waals surface area (Å²) < 4.78 is 6.10. The first-order chi connectivity index (χ1) is 12.9. The van der Waals surface area contributed by atoms with E-state index in [1.54, 1.807) is 18.2 Å². The van der Waals surface area contributed by atoms with E-state index in [-0.39, 0.29) is 21.3 Å². The summed E-state index contributed by atoms with van der Waals surface area (Å²) in [6.45, 7) is 0. The van der Waals surface area contributed by atoms with Gasteiger partial charge in [0.15, 0.2) is 0 Å². The van der Waals surface area contributed by atoms with Crippen molar-refractivity contribution < 1.29 is 4.74 Å². The van der Waals surface area contributed by atoms with E-state index in [0.717, 1.165) is 4.68 Å². The lowest BCUT2D eigenvalue weighted by molar-refractivity contribution is 0.415. The third kappa shape index (κ3) is 2.72. The summed E-state index contributed by atoms with van der Waals surface area (Å²) in [7, 11) is 1.46. The fraction of sp³-hybridized carbons (Fsp3) is 0.0556. The average molecular weight is 404 g/mol. The van der Waals surface area contributed by atoms with Gasteiger partial charge in [-0.2, -0.15) is 0 Å². The van der Waals surface area contributed by atoms with Crippen molar-refractivity contribution in [3.8, 4) is 11.4 Å². The average Bonchev–Trinajstić information content (AvgIpc) is 2.64. The molecule has 27 heavy (non-hydrogen) atoms. The van der Waals surface area contributed by atoms with Crippen molar-refractivity contribution in [3.63, 3.8) is 0 Å². The molecular formula is C18H11Cl2N3O4. The predicted molar refractivity (Wildman–Crippen MR) is 105 cm³/mol. The molecule has 0 atom stereocenters. The Kier molecular flexibility index (Phi) is 4.05. The Hall–Kier alpha value is -3.03. The summed E-state index contributed by atoms with van der Waals surface area (Å²) >= 11 is 12.1. The van der Waals surface area contributed by atoms with E-state index in [2.05, 4.69) is 10.1 Å². The van der Waals surface area contributed by atoms with Crippen LogP contribution in [0.5, 0.6) is 5.75 Å². The monoisotopic (exact) mass is 403 g/mol. The zero-order valence-corrected chi connectivity index (χ0v) is 15.3. The van der Waals surface area contributed by atoms with Crippen molar-refractivity contribution in [1.29, 1.82) is 0 Å². The number of hydrogen-bond acceptors (Lipinski definition) is 4. The van der Waals surface area contributed by atoms with Crippen molar-refractivity contribution in [2.45, 2.75) is 0 Å². The van der Waals surface area contributed by atoms with E-state index >= 15 is 0 Å². The minimum absolute atomic E-state index is 0.120. The molecule has 0 radical (unpaired) electrons. The number of H-pyrrole nitrogens is 2. The van der Waals surface area contributed by atoms with Crippen LogP contribution in [0, 0.1) is 0 Å². The van der Waals surface area contributed by atoms with Crippen LogP contribution < -0.4 is 21.3 Å². The molecule has 0 aliphatic carbocycles. The van der Waals surface area contributed by atoms with Gasteiger partial charge in [0.2, 0.25) is 5.43 Å². The maximum atomic E-state index is 12.9. The van der Waals surface area contributed by atoms with E-state index in [1.807, 2.05) is 0 Å². The van der Waals surface area contributed by atoms with Crippen LogP contribution in [0.1, 0.15) is 0 Å². The number of benzene rings is 2. The first-order valence-corrected chi connectivity index (χ1v) is 8.51. The topological polar surface area (TPSA) is 96.9 Å². The molecule has 2 aromatic heterocycles. The zero-order chi connectivity index (χ0) is 19.3. The Morgan fingerprint density at radius 2 is 1.81 bits per heavy atom. The van der Waals surface area contributed by atoms with Crippen LogP contribution in [0.25, 0.3) is 27.5 Å². The normalized spacial score (nSPS) is 11.2. The van der Waals surface area contributed by atoms with Gasteiger partial charge < -0.3 is 9.72 Å². The highest BCUT2D eigenvalue weighted by atomic mass is 35.5. The SMILES string of the molecule is COc1ccc(-n2[nH]c(=O)c3c(=O)c4ccc(Cl)cc4[nH]c3c2=O)cc1Cl. The summed E-state index contributed by atoms with van der Waals surface area (Å²) in [4.78, 5) is 41.0. The number of methoxy groups -OCH3 is 1. The van der Waals surface area contributed by atoms with Gasteiger partial charge in [0.25, 0.3) is 11.1 Å². The molecule has 2 heterocycles. The molecule has 7 nitrogen and oxygen atoms in total. The number of fused-ring (bicyclic) bond motifs is 2. The van der Waals surface area contributed by atoms with Crippen LogP contribution in [0.15, 0.2) is 50.8 Å². The van der Waals surface area contributed by atoms with Gasteiger partial charge in [-0.05, 0) is 36.4 Å². The molecule has 0 spiro atoms. The minimum atomic E-state index is -0.699. The maximum absolute atomic E-state index is 12.9. The van der Waals surface area contributed by atoms with Crippen molar-refractivity contribution in [2.75, 3.05) is 7.11 Å². The molecular weight excluding hydrogens is 393 g/mol. The summed E-state index contributed by atoms with van der Waals surface area (Å²) in [5, 5.41) is 3.10. The van der Waals surface area contributed by atoms with Crippen LogP contribution in [0.2, 0.25) is 10.0 Å². The molecule has 9 heteroatoms. The highest BCUT2D eigenvalue weighted by Crippen LogP contribution is 2.26. The number of hydrogen-bond donors (Lipinski definition) is 2. The largest absolute Gasteiger partial charge is 0.495 e. The molecule has 0 saturated carbocycles. The van der Waals surface area contributed by atoms with Crippen molar-refractivity contribution in [3.05, 3.63) is 77.4 Å². The van der Waals surface area contributed by atoms with Crippen molar-refractivity contribution >= 4 is 45.0 Å². The second kappa shape index (κ2) is 6.29. The Bertz CT molecular complexity index is 1400. The third-order valence-corrected chi connectivity index (χ3v) is 4.74. The number of ether oxygens (including phenoxy) is 1. The quantitative estimate of drug-likeness (QED) is 0.502. The molecule has 0 aliphatic heterocycles. The highest BCUT2D eigenvalue weighted by Gasteiger charge is 2.16. The van der Waals surface area contributed by atoms with Crippen LogP contribution in [-0.4, -0.2) is 21.9 Å². The number of pyridine rings is 1. The van der Waals surface area contributed by atoms with Gasteiger partial charge in [0, 0.05) is 10.4 Å². The lowest BCUT2D eigenvalue weighted by Gasteiger charge is -2.10. The van der Waals surface area contributed by atoms with Crippen LogP contribution in [-0.2, 0) is 0 Å². The fourth-order valence-corrected chi connectivity index (χ4v) is 3.36. The Balaban J connectivity index is 2.11. The number of aromatic nitrogens is 3. The second-order valence-corrected chi connectivity index (χ2v) is 6.64. The van der Waals surface area contributed by atoms with Gasteiger partial charge in [-0.3, -0.25) is 19.5 Å². The molecule has 2 N–H and O–H groups in total. The van der Waals surface area contributed by atoms with Gasteiger partial charge in [-0.15, -0.1) is 0 Å². The smallest absolute Gasteiger partial charge is 0.294 e. The van der Waals surface area contributed by atoms with Gasteiger partial charge >= 0.3 is 0 Å². The van der Waals surface area contributed by atoms with Gasteiger partial charge in [0.1, 0.15) is 16.7 Å². The number of nitrogens with zero attached hydrogens (tertiary/aromatic N) is 1. The molecule has 136 valence electrons. The van der Waals surface area contributed by atoms with E-state index in [9.17, 15) is 14.4 Å². The number of halogens is 2. The summed E-state index contributed by atoms with van der Waals surface area (Å²) in [6.07, 6.45) is 0. The lowest BCUT2D eigenvalue weighted by atomic mass is 10.1. The Morgan fingerprint density at radius 1 is 1.04 bits per heavy atom. The Labute approximate surface area is 160 Å². The third-order valence-electron chi connectivity index (χ3n) is 4.21. The summed E-state index contributed by atoms with van der Waals surface area (Å²) in [6, 6.07) is 9.16. The molecule has 4 rings (SSSR count). The zero-order valence-electron chi connectivity index (χ0n) is 13.8. The lowest BCUT2D eigenvalue weighted by Crippen LogP contribution is -2.32. The summed E-state index contributed by atoms with van der Waals surface area (Å²) in [5.74, 6) is 0.422.